The zero-order valence-corrected chi connectivity index (χ0v) is 13.2. The molecule has 0 spiro atoms. The Labute approximate surface area is 121 Å². The molecule has 1 unspecified atom stereocenters. The molecule has 19 heavy (non-hydrogen) atoms. The lowest BCUT2D eigenvalue weighted by molar-refractivity contribution is 0.0912. The first kappa shape index (κ1) is 16.3. The zero-order valence-electron chi connectivity index (χ0n) is 12.4. The number of nitrogens with one attached hydrogen (secondary N) is 1. The van der Waals surface area contributed by atoms with Gasteiger partial charge in [0.15, 0.2) is 0 Å². The molecule has 0 fully saturated rings. The number of hydrogen-bond acceptors (Lipinski definition) is 3. The molecule has 1 aromatic carbocycles. The number of rotatable bonds is 6. The second-order valence-corrected chi connectivity index (χ2v) is 6.18. The number of methoxy groups -OCH3 is 1. The van der Waals surface area contributed by atoms with Crippen LogP contribution in [0, 0.1) is 0 Å². The van der Waals surface area contributed by atoms with Gasteiger partial charge in [0.2, 0.25) is 0 Å². The van der Waals surface area contributed by atoms with Crippen LogP contribution in [0.5, 0.6) is 5.75 Å². The Balaban J connectivity index is 2.79. The lowest BCUT2D eigenvalue weighted by Gasteiger charge is -2.23. The van der Waals surface area contributed by atoms with Gasteiger partial charge < -0.3 is 14.8 Å². The van der Waals surface area contributed by atoms with Gasteiger partial charge in [-0.25, -0.2) is 0 Å². The molecule has 0 aliphatic heterocycles. The van der Waals surface area contributed by atoms with Crippen molar-refractivity contribution in [2.24, 2.45) is 0 Å². The molecule has 0 amide bonds. The van der Waals surface area contributed by atoms with Crippen molar-refractivity contribution in [2.75, 3.05) is 13.7 Å². The van der Waals surface area contributed by atoms with Gasteiger partial charge in [-0.1, -0.05) is 11.6 Å². The fourth-order valence-corrected chi connectivity index (χ4v) is 1.84. The van der Waals surface area contributed by atoms with Crippen LogP contribution in [0.1, 0.15) is 33.3 Å². The summed E-state index contributed by atoms with van der Waals surface area (Å²) in [6.45, 7) is 9.66. The van der Waals surface area contributed by atoms with Crippen LogP contribution < -0.4 is 10.1 Å². The third-order valence-electron chi connectivity index (χ3n) is 2.56. The molecule has 1 aromatic rings. The molecule has 4 heteroatoms. The van der Waals surface area contributed by atoms with E-state index in [9.17, 15) is 0 Å². The molecule has 0 saturated carbocycles. The van der Waals surface area contributed by atoms with Gasteiger partial charge in [0.05, 0.1) is 6.61 Å². The summed E-state index contributed by atoms with van der Waals surface area (Å²) < 4.78 is 11.0. The second kappa shape index (κ2) is 7.13. The Morgan fingerprint density at radius 3 is 2.58 bits per heavy atom. The molecule has 0 bridgehead atoms. The summed E-state index contributed by atoms with van der Waals surface area (Å²) in [6.07, 6.45) is 0.0135. The molecule has 0 aromatic heterocycles. The topological polar surface area (TPSA) is 30.5 Å². The van der Waals surface area contributed by atoms with Crippen LogP contribution in [0.2, 0.25) is 5.02 Å². The normalized spacial score (nSPS) is 13.4. The molecular formula is C15H24ClNO2. The van der Waals surface area contributed by atoms with Gasteiger partial charge in [-0.2, -0.15) is 0 Å². The van der Waals surface area contributed by atoms with Crippen molar-refractivity contribution in [1.82, 2.24) is 5.32 Å². The Hall–Kier alpha value is -0.770. The fraction of sp³-hybridized carbons (Fsp3) is 0.600. The summed E-state index contributed by atoms with van der Waals surface area (Å²) >= 11 is 6.06. The molecule has 0 saturated heterocycles. The van der Waals surface area contributed by atoms with E-state index in [2.05, 4.69) is 26.1 Å². The zero-order chi connectivity index (χ0) is 14.5. The average Bonchev–Trinajstić information content (AvgIpc) is 2.29. The minimum absolute atomic E-state index is 0.0135. The molecule has 1 N–H and O–H groups in total. The highest BCUT2D eigenvalue weighted by molar-refractivity contribution is 6.30. The van der Waals surface area contributed by atoms with Gasteiger partial charge >= 0.3 is 0 Å². The molecule has 0 aliphatic carbocycles. The van der Waals surface area contributed by atoms with E-state index in [1.54, 1.807) is 7.11 Å². The first-order valence-electron chi connectivity index (χ1n) is 6.51. The Morgan fingerprint density at radius 1 is 1.32 bits per heavy atom. The molecule has 0 heterocycles. The monoisotopic (exact) mass is 285 g/mol. The molecule has 1 atom stereocenters. The van der Waals surface area contributed by atoms with Gasteiger partial charge in [-0.3, -0.25) is 0 Å². The number of hydrogen-bond donors (Lipinski definition) is 1. The van der Waals surface area contributed by atoms with Crippen LogP contribution in [-0.4, -0.2) is 25.4 Å². The standard InChI is InChI=1S/C15H24ClNO2/c1-11(10-18-5)19-14-7-6-13(16)8-12(14)9-17-15(2,3)4/h6-8,11,17H,9-10H2,1-5H3. The third kappa shape index (κ3) is 6.28. The maximum Gasteiger partial charge on any atom is 0.124 e. The maximum absolute atomic E-state index is 6.06. The fourth-order valence-electron chi connectivity index (χ4n) is 1.65. The second-order valence-electron chi connectivity index (χ2n) is 5.74. The van der Waals surface area contributed by atoms with E-state index in [0.29, 0.717) is 6.61 Å². The largest absolute Gasteiger partial charge is 0.488 e. The van der Waals surface area contributed by atoms with E-state index < -0.39 is 0 Å². The van der Waals surface area contributed by atoms with E-state index in [1.807, 2.05) is 25.1 Å². The summed E-state index contributed by atoms with van der Waals surface area (Å²) in [5.41, 5.74) is 1.11. The van der Waals surface area contributed by atoms with Gasteiger partial charge in [-0.15, -0.1) is 0 Å². The maximum atomic E-state index is 6.06. The van der Waals surface area contributed by atoms with E-state index in [-0.39, 0.29) is 11.6 Å². The minimum Gasteiger partial charge on any atom is -0.488 e. The number of ether oxygens (including phenoxy) is 2. The SMILES string of the molecule is COCC(C)Oc1ccc(Cl)cc1CNC(C)(C)C. The summed E-state index contributed by atoms with van der Waals surface area (Å²) in [5, 5.41) is 4.16. The van der Waals surface area contributed by atoms with Gasteiger partial charge in [0.1, 0.15) is 11.9 Å². The van der Waals surface area contributed by atoms with Crippen LogP contribution in [0.25, 0.3) is 0 Å². The van der Waals surface area contributed by atoms with E-state index in [0.717, 1.165) is 22.9 Å². The van der Waals surface area contributed by atoms with Crippen LogP contribution in [-0.2, 0) is 11.3 Å². The smallest absolute Gasteiger partial charge is 0.124 e. The average molecular weight is 286 g/mol. The van der Waals surface area contributed by atoms with E-state index in [4.69, 9.17) is 21.1 Å². The lowest BCUT2D eigenvalue weighted by atomic mass is 10.1. The van der Waals surface area contributed by atoms with Crippen molar-refractivity contribution in [2.45, 2.75) is 45.9 Å². The Kier molecular flexibility index (Phi) is 6.11. The summed E-state index contributed by atoms with van der Waals surface area (Å²) in [4.78, 5) is 0. The van der Waals surface area contributed by atoms with Crippen molar-refractivity contribution < 1.29 is 9.47 Å². The summed E-state index contributed by atoms with van der Waals surface area (Å²) in [5.74, 6) is 0.853. The molecular weight excluding hydrogens is 262 g/mol. The van der Waals surface area contributed by atoms with E-state index >= 15 is 0 Å². The lowest BCUT2D eigenvalue weighted by Crippen LogP contribution is -2.35. The Morgan fingerprint density at radius 2 is 2.00 bits per heavy atom. The highest BCUT2D eigenvalue weighted by Crippen LogP contribution is 2.24. The molecule has 3 nitrogen and oxygen atoms in total. The number of halogens is 1. The van der Waals surface area contributed by atoms with Crippen molar-refractivity contribution in [3.63, 3.8) is 0 Å². The molecule has 1 rings (SSSR count). The van der Waals surface area contributed by atoms with Crippen LogP contribution >= 0.6 is 11.6 Å². The van der Waals surface area contributed by atoms with Crippen molar-refractivity contribution >= 4 is 11.6 Å². The summed E-state index contributed by atoms with van der Waals surface area (Å²) in [6, 6.07) is 5.69. The van der Waals surface area contributed by atoms with Gasteiger partial charge in [0, 0.05) is 29.8 Å². The quantitative estimate of drug-likeness (QED) is 0.865. The van der Waals surface area contributed by atoms with Crippen LogP contribution in [0.4, 0.5) is 0 Å². The molecule has 0 radical (unpaired) electrons. The van der Waals surface area contributed by atoms with E-state index in [1.165, 1.54) is 0 Å². The minimum atomic E-state index is 0.0135. The van der Waals surface area contributed by atoms with Crippen molar-refractivity contribution in [3.8, 4) is 5.75 Å². The Bertz CT molecular complexity index is 402. The molecule has 108 valence electrons. The van der Waals surface area contributed by atoms with Crippen LogP contribution in [0.3, 0.4) is 0 Å². The predicted octanol–water partition coefficient (Wildman–Crippen LogP) is 3.64. The predicted molar refractivity (Wildman–Crippen MR) is 80.0 cm³/mol. The van der Waals surface area contributed by atoms with Gasteiger partial charge in [0.25, 0.3) is 0 Å². The number of benzene rings is 1. The van der Waals surface area contributed by atoms with Crippen molar-refractivity contribution in [1.29, 1.82) is 0 Å². The highest BCUT2D eigenvalue weighted by atomic mass is 35.5. The van der Waals surface area contributed by atoms with Crippen molar-refractivity contribution in [3.05, 3.63) is 28.8 Å². The molecule has 0 aliphatic rings. The highest BCUT2D eigenvalue weighted by Gasteiger charge is 2.13. The van der Waals surface area contributed by atoms with Crippen LogP contribution in [0.15, 0.2) is 18.2 Å². The van der Waals surface area contributed by atoms with Gasteiger partial charge in [-0.05, 0) is 45.9 Å². The third-order valence-corrected chi connectivity index (χ3v) is 2.80. The first-order valence-corrected chi connectivity index (χ1v) is 6.88. The summed E-state index contributed by atoms with van der Waals surface area (Å²) in [7, 11) is 1.67. The first-order chi connectivity index (χ1) is 8.81.